The molecule has 2 aliphatic rings. The van der Waals surface area contributed by atoms with Gasteiger partial charge in [-0.15, -0.1) is 0 Å². The van der Waals surface area contributed by atoms with E-state index >= 15 is 0 Å². The van der Waals surface area contributed by atoms with Crippen molar-refractivity contribution >= 4 is 17.5 Å². The lowest BCUT2D eigenvalue weighted by Crippen LogP contribution is -2.51. The molecule has 1 saturated carbocycles. The van der Waals surface area contributed by atoms with Crippen LogP contribution in [-0.4, -0.2) is 35.2 Å². The van der Waals surface area contributed by atoms with Crippen LogP contribution in [0, 0.1) is 5.82 Å². The number of halogens is 1. The smallest absolute Gasteiger partial charge is 0.281 e. The average molecular weight is 380 g/mol. The number of ether oxygens (including phenoxy) is 1. The predicted octanol–water partition coefficient (Wildman–Crippen LogP) is 3.97. The third-order valence-electron chi connectivity index (χ3n) is 5.43. The molecule has 2 aromatic rings. The first-order valence-electron chi connectivity index (χ1n) is 9.43. The van der Waals surface area contributed by atoms with E-state index in [1.54, 1.807) is 31.4 Å². The lowest BCUT2D eigenvalue weighted by molar-refractivity contribution is -0.125. The molecule has 144 valence electrons. The summed E-state index contributed by atoms with van der Waals surface area (Å²) in [6.45, 7) is 0. The number of hydrogen-bond acceptors (Lipinski definition) is 4. The molecule has 5 nitrogen and oxygen atoms in total. The summed E-state index contributed by atoms with van der Waals surface area (Å²) < 4.78 is 18.8. The highest BCUT2D eigenvalue weighted by Gasteiger charge is 2.51. The number of amides is 2. The van der Waals surface area contributed by atoms with Crippen LogP contribution in [0.3, 0.4) is 0 Å². The van der Waals surface area contributed by atoms with E-state index in [9.17, 15) is 14.0 Å². The zero-order valence-corrected chi connectivity index (χ0v) is 15.7. The zero-order chi connectivity index (χ0) is 19.7. The van der Waals surface area contributed by atoms with Gasteiger partial charge in [-0.3, -0.25) is 14.6 Å². The first-order chi connectivity index (χ1) is 13.5. The number of imide groups is 1. The van der Waals surface area contributed by atoms with Crippen LogP contribution in [0.5, 0.6) is 5.75 Å². The number of nitrogens with zero attached hydrogens (tertiary/aromatic N) is 2. The maximum atomic E-state index is 13.7. The number of carbonyl (C=O) groups excluding carboxylic acids is 2. The van der Waals surface area contributed by atoms with E-state index < -0.39 is 23.3 Å². The number of hydrogen-bond donors (Lipinski definition) is 0. The number of methoxy groups -OCH3 is 1. The van der Waals surface area contributed by atoms with E-state index in [1.807, 2.05) is 0 Å². The topological polar surface area (TPSA) is 59.0 Å². The highest BCUT2D eigenvalue weighted by molar-refractivity contribution is 6.49. The van der Waals surface area contributed by atoms with Gasteiger partial charge in [0.2, 0.25) is 0 Å². The van der Waals surface area contributed by atoms with Gasteiger partial charge in [-0.25, -0.2) is 9.29 Å². The Kier molecular flexibility index (Phi) is 4.71. The molecule has 1 aliphatic heterocycles. The molecule has 4 rings (SSSR count). The summed E-state index contributed by atoms with van der Waals surface area (Å²) in [4.78, 5) is 32.5. The number of aliphatic imine (C=N–C) groups is 1. The van der Waals surface area contributed by atoms with Gasteiger partial charge in [-0.2, -0.15) is 0 Å². The van der Waals surface area contributed by atoms with Gasteiger partial charge in [-0.1, -0.05) is 12.5 Å². The Balaban J connectivity index is 1.75. The molecule has 1 aliphatic carbocycles. The van der Waals surface area contributed by atoms with Crippen LogP contribution in [0.25, 0.3) is 0 Å². The standard InChI is InChI=1S/C22H21FN2O3/c1-28-18-10-8-15(9-11-18)19-21(27)25(22(24-19)12-3-2-4-13-22)20(26)16-6-5-7-17(23)14-16/h5-11,14H,2-4,12-13H2,1H3. The van der Waals surface area contributed by atoms with Gasteiger partial charge in [0.25, 0.3) is 11.8 Å². The third-order valence-corrected chi connectivity index (χ3v) is 5.43. The van der Waals surface area contributed by atoms with Crippen molar-refractivity contribution in [1.29, 1.82) is 0 Å². The van der Waals surface area contributed by atoms with Crippen LogP contribution in [0.15, 0.2) is 53.5 Å². The fourth-order valence-electron chi connectivity index (χ4n) is 4.02. The molecular weight excluding hydrogens is 359 g/mol. The second-order valence-electron chi connectivity index (χ2n) is 7.19. The molecule has 0 aromatic heterocycles. The molecule has 0 saturated heterocycles. The highest BCUT2D eigenvalue weighted by atomic mass is 19.1. The fraction of sp³-hybridized carbons (Fsp3) is 0.318. The van der Waals surface area contributed by atoms with Gasteiger partial charge >= 0.3 is 0 Å². The molecule has 0 N–H and O–H groups in total. The predicted molar refractivity (Wildman–Crippen MR) is 103 cm³/mol. The molecule has 1 heterocycles. The van der Waals surface area contributed by atoms with Crippen molar-refractivity contribution in [3.05, 3.63) is 65.5 Å². The first-order valence-corrected chi connectivity index (χ1v) is 9.43. The lowest BCUT2D eigenvalue weighted by atomic mass is 9.88. The maximum Gasteiger partial charge on any atom is 0.281 e. The van der Waals surface area contributed by atoms with E-state index in [-0.39, 0.29) is 11.3 Å². The van der Waals surface area contributed by atoms with Crippen LogP contribution >= 0.6 is 0 Å². The summed E-state index contributed by atoms with van der Waals surface area (Å²) in [5, 5.41) is 0. The fourth-order valence-corrected chi connectivity index (χ4v) is 4.02. The van der Waals surface area contributed by atoms with Crippen LogP contribution in [0.1, 0.15) is 48.0 Å². The minimum atomic E-state index is -0.881. The van der Waals surface area contributed by atoms with E-state index in [0.717, 1.165) is 25.3 Å². The normalized spacial score (nSPS) is 18.3. The Morgan fingerprint density at radius 1 is 1.11 bits per heavy atom. The summed E-state index contributed by atoms with van der Waals surface area (Å²) in [7, 11) is 1.57. The molecule has 6 heteroatoms. The second kappa shape index (κ2) is 7.19. The molecule has 2 aromatic carbocycles. The summed E-state index contributed by atoms with van der Waals surface area (Å²) in [6, 6.07) is 12.5. The second-order valence-corrected chi connectivity index (χ2v) is 7.19. The number of rotatable bonds is 3. The molecule has 2 amide bonds. The Morgan fingerprint density at radius 2 is 1.82 bits per heavy atom. The van der Waals surface area contributed by atoms with E-state index in [1.165, 1.54) is 23.1 Å². The Bertz CT molecular complexity index is 947. The minimum Gasteiger partial charge on any atom is -0.497 e. The van der Waals surface area contributed by atoms with Crippen LogP contribution in [0.2, 0.25) is 0 Å². The molecule has 0 unspecified atom stereocenters. The van der Waals surface area contributed by atoms with E-state index in [2.05, 4.69) is 0 Å². The Morgan fingerprint density at radius 3 is 2.46 bits per heavy atom. The molecule has 1 spiro atoms. The van der Waals surface area contributed by atoms with E-state index in [0.29, 0.717) is 24.2 Å². The van der Waals surface area contributed by atoms with Crippen molar-refractivity contribution in [3.8, 4) is 5.75 Å². The van der Waals surface area contributed by atoms with Gasteiger partial charge < -0.3 is 4.74 Å². The van der Waals surface area contributed by atoms with Gasteiger partial charge in [0, 0.05) is 11.1 Å². The minimum absolute atomic E-state index is 0.157. The molecule has 0 bridgehead atoms. The van der Waals surface area contributed by atoms with Gasteiger partial charge in [0.15, 0.2) is 0 Å². The van der Waals surface area contributed by atoms with Crippen molar-refractivity contribution in [3.63, 3.8) is 0 Å². The molecule has 0 atom stereocenters. The molecule has 28 heavy (non-hydrogen) atoms. The van der Waals surface area contributed by atoms with Gasteiger partial charge in [0.05, 0.1) is 7.11 Å². The number of carbonyl (C=O) groups is 2. The molecule has 0 radical (unpaired) electrons. The van der Waals surface area contributed by atoms with Crippen LogP contribution in [-0.2, 0) is 4.79 Å². The summed E-state index contributed by atoms with van der Waals surface area (Å²) in [5.41, 5.74) is 0.192. The number of benzene rings is 2. The SMILES string of the molecule is COc1ccc(C2=NC3(CCCCC3)N(C(=O)c3cccc(F)c3)C2=O)cc1. The van der Waals surface area contributed by atoms with Gasteiger partial charge in [-0.05, 0) is 68.1 Å². The van der Waals surface area contributed by atoms with Crippen molar-refractivity contribution in [2.45, 2.75) is 37.8 Å². The Hall–Kier alpha value is -3.02. The zero-order valence-electron chi connectivity index (χ0n) is 15.7. The summed E-state index contributed by atoms with van der Waals surface area (Å²) in [5.74, 6) is -0.763. The molecule has 1 fully saturated rings. The van der Waals surface area contributed by atoms with Crippen molar-refractivity contribution in [2.24, 2.45) is 4.99 Å². The average Bonchev–Trinajstić information content (AvgIpc) is 2.99. The van der Waals surface area contributed by atoms with Gasteiger partial charge in [0.1, 0.15) is 22.9 Å². The van der Waals surface area contributed by atoms with Crippen LogP contribution < -0.4 is 4.74 Å². The first kappa shape index (κ1) is 18.3. The summed E-state index contributed by atoms with van der Waals surface area (Å²) >= 11 is 0. The van der Waals surface area contributed by atoms with Crippen molar-refractivity contribution in [1.82, 2.24) is 4.90 Å². The monoisotopic (exact) mass is 380 g/mol. The third kappa shape index (κ3) is 3.09. The lowest BCUT2D eigenvalue weighted by Gasteiger charge is -2.37. The molecular formula is C22H21FN2O3. The van der Waals surface area contributed by atoms with Crippen molar-refractivity contribution < 1.29 is 18.7 Å². The maximum absolute atomic E-state index is 13.7. The quantitative estimate of drug-likeness (QED) is 0.757. The van der Waals surface area contributed by atoms with E-state index in [4.69, 9.17) is 9.73 Å². The highest BCUT2D eigenvalue weighted by Crippen LogP contribution is 2.40. The largest absolute Gasteiger partial charge is 0.497 e. The van der Waals surface area contributed by atoms with Crippen molar-refractivity contribution in [2.75, 3.05) is 7.11 Å². The summed E-state index contributed by atoms with van der Waals surface area (Å²) in [6.07, 6.45) is 4.07. The van der Waals surface area contributed by atoms with Crippen LogP contribution in [0.4, 0.5) is 4.39 Å². The Labute approximate surface area is 162 Å².